The molecule has 0 saturated heterocycles. The SMILES string of the molecule is CC(N)c1cn(Cc2cncn2C2CC2)nn1. The van der Waals surface area contributed by atoms with Gasteiger partial charge in [0.05, 0.1) is 36.7 Å². The van der Waals surface area contributed by atoms with E-state index in [2.05, 4.69) is 19.9 Å². The Morgan fingerprint density at radius 3 is 3.00 bits per heavy atom. The zero-order valence-corrected chi connectivity index (χ0v) is 9.82. The van der Waals surface area contributed by atoms with Crippen molar-refractivity contribution < 1.29 is 0 Å². The van der Waals surface area contributed by atoms with E-state index in [0.717, 1.165) is 5.69 Å². The van der Waals surface area contributed by atoms with Gasteiger partial charge in [-0.3, -0.25) is 0 Å². The van der Waals surface area contributed by atoms with Gasteiger partial charge in [-0.05, 0) is 19.8 Å². The van der Waals surface area contributed by atoms with Gasteiger partial charge in [0, 0.05) is 12.1 Å². The Bertz CT molecular complexity index is 508. The summed E-state index contributed by atoms with van der Waals surface area (Å²) in [5.74, 6) is 0. The van der Waals surface area contributed by atoms with Crippen LogP contribution in [0.15, 0.2) is 18.7 Å². The lowest BCUT2D eigenvalue weighted by atomic mass is 10.3. The van der Waals surface area contributed by atoms with Crippen LogP contribution in [0.3, 0.4) is 0 Å². The smallest absolute Gasteiger partial charge is 0.0991 e. The zero-order chi connectivity index (χ0) is 11.8. The van der Waals surface area contributed by atoms with Crippen molar-refractivity contribution in [3.63, 3.8) is 0 Å². The second-order valence-corrected chi connectivity index (χ2v) is 4.65. The van der Waals surface area contributed by atoms with Crippen molar-refractivity contribution >= 4 is 0 Å². The molecule has 2 aromatic heterocycles. The molecule has 0 spiro atoms. The highest BCUT2D eigenvalue weighted by molar-refractivity contribution is 5.05. The van der Waals surface area contributed by atoms with Crippen molar-refractivity contribution in [2.45, 2.75) is 38.4 Å². The molecular weight excluding hydrogens is 216 g/mol. The predicted octanol–water partition coefficient (Wildman–Crippen LogP) is 0.877. The third-order valence-corrected chi connectivity index (χ3v) is 3.03. The lowest BCUT2D eigenvalue weighted by Gasteiger charge is -2.05. The van der Waals surface area contributed by atoms with Crippen LogP contribution in [0.5, 0.6) is 0 Å². The lowest BCUT2D eigenvalue weighted by molar-refractivity contribution is 0.596. The molecule has 3 rings (SSSR count). The van der Waals surface area contributed by atoms with Gasteiger partial charge in [-0.25, -0.2) is 9.67 Å². The summed E-state index contributed by atoms with van der Waals surface area (Å²) in [5.41, 5.74) is 7.75. The third kappa shape index (κ3) is 2.08. The molecule has 2 aromatic rings. The van der Waals surface area contributed by atoms with Gasteiger partial charge in [0.15, 0.2) is 0 Å². The second-order valence-electron chi connectivity index (χ2n) is 4.65. The average molecular weight is 232 g/mol. The Balaban J connectivity index is 1.78. The molecule has 6 heteroatoms. The van der Waals surface area contributed by atoms with Crippen LogP contribution in [0.25, 0.3) is 0 Å². The van der Waals surface area contributed by atoms with Crippen LogP contribution in [-0.4, -0.2) is 24.5 Å². The maximum absolute atomic E-state index is 5.76. The molecule has 0 amide bonds. The highest BCUT2D eigenvalue weighted by Crippen LogP contribution is 2.35. The first-order valence-corrected chi connectivity index (χ1v) is 5.90. The maximum atomic E-state index is 5.76. The summed E-state index contributed by atoms with van der Waals surface area (Å²) in [5, 5.41) is 8.12. The van der Waals surface area contributed by atoms with Crippen molar-refractivity contribution in [3.8, 4) is 0 Å². The molecule has 90 valence electrons. The predicted molar refractivity (Wildman–Crippen MR) is 62.2 cm³/mol. The molecule has 1 aliphatic carbocycles. The van der Waals surface area contributed by atoms with Crippen molar-refractivity contribution in [1.29, 1.82) is 0 Å². The van der Waals surface area contributed by atoms with E-state index in [9.17, 15) is 0 Å². The third-order valence-electron chi connectivity index (χ3n) is 3.03. The van der Waals surface area contributed by atoms with E-state index in [1.54, 1.807) is 0 Å². The Hall–Kier alpha value is -1.69. The van der Waals surface area contributed by atoms with E-state index >= 15 is 0 Å². The van der Waals surface area contributed by atoms with Gasteiger partial charge in [-0.1, -0.05) is 5.21 Å². The summed E-state index contributed by atoms with van der Waals surface area (Å²) in [4.78, 5) is 4.20. The molecule has 6 nitrogen and oxygen atoms in total. The fourth-order valence-corrected chi connectivity index (χ4v) is 1.90. The first-order valence-electron chi connectivity index (χ1n) is 5.90. The van der Waals surface area contributed by atoms with Gasteiger partial charge in [0.1, 0.15) is 0 Å². The summed E-state index contributed by atoms with van der Waals surface area (Å²) in [6.45, 7) is 2.61. The molecule has 1 aliphatic rings. The second kappa shape index (κ2) is 3.96. The molecule has 1 unspecified atom stereocenters. The monoisotopic (exact) mass is 232 g/mol. The van der Waals surface area contributed by atoms with Gasteiger partial charge >= 0.3 is 0 Å². The molecular formula is C11H16N6. The summed E-state index contributed by atoms with van der Waals surface area (Å²) in [6.07, 6.45) is 8.20. The normalized spacial score (nSPS) is 17.3. The summed E-state index contributed by atoms with van der Waals surface area (Å²) >= 11 is 0. The fourth-order valence-electron chi connectivity index (χ4n) is 1.90. The van der Waals surface area contributed by atoms with Crippen molar-refractivity contribution in [2.24, 2.45) is 5.73 Å². The molecule has 0 bridgehead atoms. The number of aromatic nitrogens is 5. The largest absolute Gasteiger partial charge is 0.330 e. The van der Waals surface area contributed by atoms with Gasteiger partial charge < -0.3 is 10.3 Å². The quantitative estimate of drug-likeness (QED) is 0.849. The van der Waals surface area contributed by atoms with Crippen LogP contribution in [0, 0.1) is 0 Å². The summed E-state index contributed by atoms with van der Waals surface area (Å²) in [6, 6.07) is 0.570. The van der Waals surface area contributed by atoms with E-state index in [0.29, 0.717) is 12.6 Å². The maximum Gasteiger partial charge on any atom is 0.0991 e. The highest BCUT2D eigenvalue weighted by Gasteiger charge is 2.25. The molecule has 1 saturated carbocycles. The minimum atomic E-state index is -0.0721. The van der Waals surface area contributed by atoms with Crippen LogP contribution in [-0.2, 0) is 6.54 Å². The van der Waals surface area contributed by atoms with Crippen molar-refractivity contribution in [1.82, 2.24) is 24.5 Å². The molecule has 0 aromatic carbocycles. The number of hydrogen-bond acceptors (Lipinski definition) is 4. The molecule has 2 heterocycles. The van der Waals surface area contributed by atoms with Crippen LogP contribution >= 0.6 is 0 Å². The summed E-state index contributed by atoms with van der Waals surface area (Å²) in [7, 11) is 0. The van der Waals surface area contributed by atoms with Crippen LogP contribution in [0.4, 0.5) is 0 Å². The summed E-state index contributed by atoms with van der Waals surface area (Å²) < 4.78 is 4.04. The van der Waals surface area contributed by atoms with Crippen molar-refractivity contribution in [3.05, 3.63) is 30.1 Å². The molecule has 0 radical (unpaired) electrons. The standard InChI is InChI=1S/C11H16N6/c1-8(12)11-6-16(15-14-11)5-10-4-13-7-17(10)9-2-3-9/h4,6-9H,2-3,5,12H2,1H3. The number of hydrogen-bond donors (Lipinski definition) is 1. The van der Waals surface area contributed by atoms with E-state index < -0.39 is 0 Å². The van der Waals surface area contributed by atoms with Gasteiger partial charge in [-0.2, -0.15) is 0 Å². The van der Waals surface area contributed by atoms with Gasteiger partial charge in [-0.15, -0.1) is 5.10 Å². The number of rotatable bonds is 4. The first kappa shape index (κ1) is 10.5. The van der Waals surface area contributed by atoms with E-state index in [4.69, 9.17) is 5.73 Å². The van der Waals surface area contributed by atoms with Crippen LogP contribution in [0.1, 0.15) is 43.2 Å². The Kier molecular flexibility index (Phi) is 2.44. The van der Waals surface area contributed by atoms with Crippen LogP contribution in [0.2, 0.25) is 0 Å². The van der Waals surface area contributed by atoms with E-state index in [-0.39, 0.29) is 6.04 Å². The number of nitrogens with two attached hydrogens (primary N) is 1. The molecule has 1 atom stereocenters. The number of imidazole rings is 1. The molecule has 2 N–H and O–H groups in total. The minimum Gasteiger partial charge on any atom is -0.330 e. The highest BCUT2D eigenvalue weighted by atomic mass is 15.4. The first-order chi connectivity index (χ1) is 8.24. The Morgan fingerprint density at radius 2 is 2.35 bits per heavy atom. The fraction of sp³-hybridized carbons (Fsp3) is 0.545. The molecule has 17 heavy (non-hydrogen) atoms. The Labute approximate surface area is 99.4 Å². The zero-order valence-electron chi connectivity index (χ0n) is 9.82. The van der Waals surface area contributed by atoms with Gasteiger partial charge in [0.2, 0.25) is 0 Å². The van der Waals surface area contributed by atoms with E-state index in [1.807, 2.05) is 30.3 Å². The average Bonchev–Trinajstić information content (AvgIpc) is 2.86. The van der Waals surface area contributed by atoms with E-state index in [1.165, 1.54) is 18.5 Å². The minimum absolute atomic E-state index is 0.0721. The van der Waals surface area contributed by atoms with Gasteiger partial charge in [0.25, 0.3) is 0 Å². The topological polar surface area (TPSA) is 74.6 Å². The molecule has 0 aliphatic heterocycles. The molecule has 1 fully saturated rings. The van der Waals surface area contributed by atoms with Crippen molar-refractivity contribution in [2.75, 3.05) is 0 Å². The lowest BCUT2D eigenvalue weighted by Crippen LogP contribution is -2.07. The number of nitrogens with zero attached hydrogens (tertiary/aromatic N) is 5. The van der Waals surface area contributed by atoms with Crippen LogP contribution < -0.4 is 5.73 Å². The Morgan fingerprint density at radius 1 is 1.53 bits per heavy atom.